The third-order valence-electron chi connectivity index (χ3n) is 4.32. The minimum Gasteiger partial charge on any atom is -0.467 e. The summed E-state index contributed by atoms with van der Waals surface area (Å²) in [5, 5.41) is 2.48. The van der Waals surface area contributed by atoms with E-state index >= 15 is 0 Å². The monoisotopic (exact) mass is 366 g/mol. The molecule has 1 N–H and O–H groups in total. The molecule has 2 aromatic rings. The Hall–Kier alpha value is -2.77. The van der Waals surface area contributed by atoms with Crippen LogP contribution >= 0.6 is 0 Å². The first-order valence-corrected chi connectivity index (χ1v) is 8.03. The van der Waals surface area contributed by atoms with Gasteiger partial charge in [0.2, 0.25) is 11.8 Å². The van der Waals surface area contributed by atoms with Crippen molar-refractivity contribution in [1.29, 1.82) is 0 Å². The minimum absolute atomic E-state index is 0.0184. The van der Waals surface area contributed by atoms with Crippen molar-refractivity contribution in [3.05, 3.63) is 53.5 Å². The number of nitrogens with one attached hydrogen (secondary N) is 1. The fourth-order valence-electron chi connectivity index (χ4n) is 2.94. The number of halogens is 3. The number of likely N-dealkylation sites (tertiary alicyclic amines) is 1. The number of nitrogens with zero attached hydrogens (tertiary/aromatic N) is 1. The van der Waals surface area contributed by atoms with Crippen LogP contribution < -0.4 is 5.32 Å². The second kappa shape index (κ2) is 6.86. The van der Waals surface area contributed by atoms with Gasteiger partial charge in [0, 0.05) is 18.7 Å². The largest absolute Gasteiger partial charge is 0.467 e. The average Bonchev–Trinajstić information content (AvgIpc) is 3.19. The standard InChI is InChI=1S/C18H17F3N2O3/c1-11-4-5-13(8-15(11)18(19,20)21)22-17(25)12-7-16(24)23(9-12)10-14-3-2-6-26-14/h2-6,8,12H,7,9-10H2,1H3,(H,22,25). The topological polar surface area (TPSA) is 62.6 Å². The summed E-state index contributed by atoms with van der Waals surface area (Å²) in [4.78, 5) is 25.9. The van der Waals surface area contributed by atoms with Gasteiger partial charge in [0.05, 0.1) is 24.3 Å². The molecule has 26 heavy (non-hydrogen) atoms. The molecule has 138 valence electrons. The number of anilines is 1. The van der Waals surface area contributed by atoms with Crippen LogP contribution in [0.5, 0.6) is 0 Å². The number of amides is 2. The summed E-state index contributed by atoms with van der Waals surface area (Å²) in [5.41, 5.74) is -0.654. The number of hydrogen-bond acceptors (Lipinski definition) is 3. The summed E-state index contributed by atoms with van der Waals surface area (Å²) in [6.07, 6.45) is -2.98. The quantitative estimate of drug-likeness (QED) is 0.899. The van der Waals surface area contributed by atoms with E-state index in [1.54, 1.807) is 12.1 Å². The van der Waals surface area contributed by atoms with Gasteiger partial charge in [0.1, 0.15) is 5.76 Å². The van der Waals surface area contributed by atoms with Gasteiger partial charge in [-0.25, -0.2) is 0 Å². The van der Waals surface area contributed by atoms with E-state index in [2.05, 4.69) is 5.32 Å². The van der Waals surface area contributed by atoms with Crippen LogP contribution in [0.4, 0.5) is 18.9 Å². The van der Waals surface area contributed by atoms with Crippen molar-refractivity contribution >= 4 is 17.5 Å². The molecule has 1 aliphatic heterocycles. The van der Waals surface area contributed by atoms with Crippen LogP contribution in [0.1, 0.15) is 23.3 Å². The highest BCUT2D eigenvalue weighted by Crippen LogP contribution is 2.33. The Morgan fingerprint density at radius 1 is 1.35 bits per heavy atom. The minimum atomic E-state index is -4.49. The van der Waals surface area contributed by atoms with E-state index < -0.39 is 23.6 Å². The molecule has 8 heteroatoms. The summed E-state index contributed by atoms with van der Waals surface area (Å²) >= 11 is 0. The molecule has 5 nitrogen and oxygen atoms in total. The molecule has 2 amide bonds. The molecule has 3 rings (SSSR count). The van der Waals surface area contributed by atoms with Crippen LogP contribution in [0.3, 0.4) is 0 Å². The third kappa shape index (κ3) is 3.89. The summed E-state index contributed by atoms with van der Waals surface area (Å²) < 4.78 is 44.1. The van der Waals surface area contributed by atoms with Crippen LogP contribution in [0.2, 0.25) is 0 Å². The molecule has 0 saturated carbocycles. The SMILES string of the molecule is Cc1ccc(NC(=O)C2CC(=O)N(Cc3ccco3)C2)cc1C(F)(F)F. The maximum Gasteiger partial charge on any atom is 0.416 e. The van der Waals surface area contributed by atoms with Gasteiger partial charge in [0.15, 0.2) is 0 Å². The second-order valence-electron chi connectivity index (χ2n) is 6.27. The van der Waals surface area contributed by atoms with E-state index in [4.69, 9.17) is 4.42 Å². The maximum atomic E-state index is 13.0. The first kappa shape index (κ1) is 18.0. The lowest BCUT2D eigenvalue weighted by molar-refractivity contribution is -0.138. The van der Waals surface area contributed by atoms with Crippen LogP contribution in [0.25, 0.3) is 0 Å². The lowest BCUT2D eigenvalue weighted by Gasteiger charge is -2.16. The van der Waals surface area contributed by atoms with Crippen LogP contribution in [0, 0.1) is 12.8 Å². The number of hydrogen-bond donors (Lipinski definition) is 1. The molecule has 1 atom stereocenters. The Balaban J connectivity index is 1.66. The van der Waals surface area contributed by atoms with Crippen LogP contribution in [-0.4, -0.2) is 23.3 Å². The average molecular weight is 366 g/mol. The highest BCUT2D eigenvalue weighted by molar-refractivity contribution is 5.97. The van der Waals surface area contributed by atoms with Gasteiger partial charge in [-0.2, -0.15) is 13.2 Å². The molecule has 1 unspecified atom stereocenters. The maximum absolute atomic E-state index is 13.0. The number of carbonyl (C=O) groups excluding carboxylic acids is 2. The highest BCUT2D eigenvalue weighted by atomic mass is 19.4. The van der Waals surface area contributed by atoms with Crippen LogP contribution in [0.15, 0.2) is 41.0 Å². The third-order valence-corrected chi connectivity index (χ3v) is 4.32. The number of alkyl halides is 3. The normalized spacial score (nSPS) is 17.6. The molecule has 0 bridgehead atoms. The van der Waals surface area contributed by atoms with Crippen LogP contribution in [-0.2, 0) is 22.3 Å². The number of aryl methyl sites for hydroxylation is 1. The number of carbonyl (C=O) groups is 2. The zero-order valence-electron chi connectivity index (χ0n) is 14.0. The van der Waals surface area contributed by atoms with Gasteiger partial charge in [-0.3, -0.25) is 9.59 Å². The molecule has 0 spiro atoms. The van der Waals surface area contributed by atoms with E-state index in [1.165, 1.54) is 30.2 Å². The number of rotatable bonds is 4. The first-order chi connectivity index (χ1) is 12.2. The van der Waals surface area contributed by atoms with E-state index in [0.717, 1.165) is 6.07 Å². The van der Waals surface area contributed by atoms with Crippen molar-refractivity contribution in [3.8, 4) is 0 Å². The Labute approximate surface area is 147 Å². The van der Waals surface area contributed by atoms with Gasteiger partial charge >= 0.3 is 6.18 Å². The van der Waals surface area contributed by atoms with Crippen molar-refractivity contribution in [2.45, 2.75) is 26.1 Å². The Bertz CT molecular complexity index is 816. The van der Waals surface area contributed by atoms with Gasteiger partial charge in [0.25, 0.3) is 0 Å². The zero-order valence-corrected chi connectivity index (χ0v) is 14.0. The number of furan rings is 1. The molecule has 2 heterocycles. The van der Waals surface area contributed by atoms with E-state index in [1.807, 2.05) is 0 Å². The number of benzene rings is 1. The predicted octanol–water partition coefficient (Wildman–Crippen LogP) is 3.59. The van der Waals surface area contributed by atoms with E-state index in [9.17, 15) is 22.8 Å². The van der Waals surface area contributed by atoms with Crippen molar-refractivity contribution in [1.82, 2.24) is 4.90 Å². The fraction of sp³-hybridized carbons (Fsp3) is 0.333. The molecule has 1 aliphatic rings. The van der Waals surface area contributed by atoms with Crippen molar-refractivity contribution in [2.75, 3.05) is 11.9 Å². The lowest BCUT2D eigenvalue weighted by atomic mass is 10.1. The smallest absolute Gasteiger partial charge is 0.416 e. The molecule has 1 aromatic carbocycles. The first-order valence-electron chi connectivity index (χ1n) is 8.03. The van der Waals surface area contributed by atoms with Crippen molar-refractivity contribution in [2.24, 2.45) is 5.92 Å². The van der Waals surface area contributed by atoms with Crippen molar-refractivity contribution < 1.29 is 27.2 Å². The molecule has 1 saturated heterocycles. The van der Waals surface area contributed by atoms with Gasteiger partial charge in [-0.1, -0.05) is 6.07 Å². The zero-order chi connectivity index (χ0) is 18.9. The van der Waals surface area contributed by atoms with Gasteiger partial charge < -0.3 is 14.6 Å². The van der Waals surface area contributed by atoms with Gasteiger partial charge in [-0.05, 0) is 36.8 Å². The second-order valence-corrected chi connectivity index (χ2v) is 6.27. The summed E-state index contributed by atoms with van der Waals surface area (Å²) in [6, 6.07) is 7.06. The molecule has 1 fully saturated rings. The summed E-state index contributed by atoms with van der Waals surface area (Å²) in [5.74, 6) is -0.681. The molecule has 1 aromatic heterocycles. The predicted molar refractivity (Wildman–Crippen MR) is 87.0 cm³/mol. The van der Waals surface area contributed by atoms with E-state index in [0.29, 0.717) is 5.76 Å². The summed E-state index contributed by atoms with van der Waals surface area (Å²) in [6.45, 7) is 1.82. The molecule has 0 aliphatic carbocycles. The molecular weight excluding hydrogens is 349 g/mol. The van der Waals surface area contributed by atoms with E-state index in [-0.39, 0.29) is 36.7 Å². The Morgan fingerprint density at radius 3 is 2.77 bits per heavy atom. The fourth-order valence-corrected chi connectivity index (χ4v) is 2.94. The lowest BCUT2D eigenvalue weighted by Crippen LogP contribution is -2.28. The summed E-state index contributed by atoms with van der Waals surface area (Å²) in [7, 11) is 0. The molecule has 0 radical (unpaired) electrons. The highest BCUT2D eigenvalue weighted by Gasteiger charge is 2.35. The Morgan fingerprint density at radius 2 is 2.12 bits per heavy atom. The molecular formula is C18H17F3N2O3. The van der Waals surface area contributed by atoms with Gasteiger partial charge in [-0.15, -0.1) is 0 Å². The Kier molecular flexibility index (Phi) is 4.76. The van der Waals surface area contributed by atoms with Crippen molar-refractivity contribution in [3.63, 3.8) is 0 Å².